The van der Waals surface area contributed by atoms with Crippen LogP contribution in [0.15, 0.2) is 59.6 Å². The van der Waals surface area contributed by atoms with Crippen molar-refractivity contribution in [3.8, 4) is 5.69 Å². The van der Waals surface area contributed by atoms with Gasteiger partial charge in [0.2, 0.25) is 0 Å². The van der Waals surface area contributed by atoms with Gasteiger partial charge >= 0.3 is 0 Å². The van der Waals surface area contributed by atoms with Crippen molar-refractivity contribution in [3.05, 3.63) is 77.4 Å². The Labute approximate surface area is 164 Å². The third-order valence-corrected chi connectivity index (χ3v) is 7.05. The molecule has 4 rings (SSSR count). The second-order valence-electron chi connectivity index (χ2n) is 7.11. The Balaban J connectivity index is 1.46. The van der Waals surface area contributed by atoms with Crippen LogP contribution >= 0.6 is 0 Å². The van der Waals surface area contributed by atoms with E-state index in [0.717, 1.165) is 16.8 Å². The molecule has 5 nitrogen and oxygen atoms in total. The Morgan fingerprint density at radius 3 is 2.75 bits per heavy atom. The molecule has 0 saturated carbocycles. The van der Waals surface area contributed by atoms with Crippen molar-refractivity contribution in [2.24, 2.45) is 0 Å². The number of hydrogen-bond acceptors (Lipinski definition) is 4. The highest BCUT2D eigenvalue weighted by Crippen LogP contribution is 2.33. The van der Waals surface area contributed by atoms with E-state index in [1.807, 2.05) is 25.3 Å². The van der Waals surface area contributed by atoms with Crippen molar-refractivity contribution in [3.63, 3.8) is 0 Å². The normalized spacial score (nSPS) is 18.0. The van der Waals surface area contributed by atoms with Gasteiger partial charge in [-0.3, -0.25) is 0 Å². The van der Waals surface area contributed by atoms with Crippen LogP contribution in [-0.4, -0.2) is 30.5 Å². The van der Waals surface area contributed by atoms with E-state index in [2.05, 4.69) is 10.4 Å². The molecule has 0 fully saturated rings. The maximum atomic E-state index is 14.0. The molecule has 1 aliphatic heterocycles. The van der Waals surface area contributed by atoms with E-state index in [4.69, 9.17) is 0 Å². The molecule has 1 N–H and O–H groups in total. The maximum absolute atomic E-state index is 14.0. The summed E-state index contributed by atoms with van der Waals surface area (Å²) in [7, 11) is -3.17. The van der Waals surface area contributed by atoms with Crippen LogP contribution in [0.1, 0.15) is 29.2 Å². The first-order chi connectivity index (χ1) is 13.5. The fraction of sp³-hybridized carbons (Fsp3) is 0.286. The van der Waals surface area contributed by atoms with Gasteiger partial charge in [0.1, 0.15) is 11.5 Å². The first kappa shape index (κ1) is 18.8. The monoisotopic (exact) mass is 399 g/mol. The van der Waals surface area contributed by atoms with Crippen LogP contribution in [0, 0.1) is 12.7 Å². The summed E-state index contributed by atoms with van der Waals surface area (Å²) in [6.07, 6.45) is 2.44. The van der Waals surface area contributed by atoms with Crippen molar-refractivity contribution in [2.45, 2.75) is 30.7 Å². The maximum Gasteiger partial charge on any atom is 0.178 e. The lowest BCUT2D eigenvalue weighted by molar-refractivity contribution is 0.532. The molecule has 146 valence electrons. The second kappa shape index (κ2) is 7.48. The zero-order valence-electron chi connectivity index (χ0n) is 15.6. The molecule has 0 amide bonds. The van der Waals surface area contributed by atoms with Gasteiger partial charge in [0.05, 0.1) is 16.3 Å². The predicted molar refractivity (Wildman–Crippen MR) is 106 cm³/mol. The Hall–Kier alpha value is -2.51. The van der Waals surface area contributed by atoms with Gasteiger partial charge in [0, 0.05) is 24.8 Å². The fourth-order valence-corrected chi connectivity index (χ4v) is 5.38. The third kappa shape index (κ3) is 3.59. The highest BCUT2D eigenvalue weighted by Gasteiger charge is 2.29. The number of aromatic nitrogens is 2. The topological polar surface area (TPSA) is 64.0 Å². The van der Waals surface area contributed by atoms with E-state index in [0.29, 0.717) is 30.1 Å². The smallest absolute Gasteiger partial charge is 0.178 e. The lowest BCUT2D eigenvalue weighted by Crippen LogP contribution is -2.28. The molecule has 1 aliphatic rings. The molecule has 2 aromatic carbocycles. The standard InChI is InChI=1S/C21H22FN3O2S/c1-15-17(14-25(24-15)20-8-4-3-7-19(20)22)13-23-12-16-10-11-28(26,27)21-9-5-2-6-18(16)21/h2-9,14,16,23H,10-13H2,1H3. The quantitative estimate of drug-likeness (QED) is 0.715. The Morgan fingerprint density at radius 2 is 1.93 bits per heavy atom. The van der Waals surface area contributed by atoms with Gasteiger partial charge < -0.3 is 5.32 Å². The number of aryl methyl sites for hydroxylation is 1. The highest BCUT2D eigenvalue weighted by molar-refractivity contribution is 7.91. The van der Waals surface area contributed by atoms with Gasteiger partial charge in [-0.2, -0.15) is 5.10 Å². The number of rotatable bonds is 5. The number of hydrogen-bond donors (Lipinski definition) is 1. The van der Waals surface area contributed by atoms with Gasteiger partial charge in [-0.15, -0.1) is 0 Å². The number of sulfone groups is 1. The van der Waals surface area contributed by atoms with E-state index in [9.17, 15) is 12.8 Å². The number of nitrogens with zero attached hydrogens (tertiary/aromatic N) is 2. The average Bonchev–Trinajstić information content (AvgIpc) is 3.05. The lowest BCUT2D eigenvalue weighted by Gasteiger charge is -2.25. The van der Waals surface area contributed by atoms with Crippen molar-refractivity contribution in [2.75, 3.05) is 12.3 Å². The molecular formula is C21H22FN3O2S. The molecule has 0 bridgehead atoms. The summed E-state index contributed by atoms with van der Waals surface area (Å²) in [5.74, 6) is 0.0202. The van der Waals surface area contributed by atoms with Crippen molar-refractivity contribution in [1.82, 2.24) is 15.1 Å². The lowest BCUT2D eigenvalue weighted by atomic mass is 9.96. The minimum atomic E-state index is -3.17. The van der Waals surface area contributed by atoms with Crippen LogP contribution in [0.2, 0.25) is 0 Å². The molecule has 0 aliphatic carbocycles. The summed E-state index contributed by atoms with van der Waals surface area (Å²) in [6, 6.07) is 13.8. The molecule has 2 heterocycles. The third-order valence-electron chi connectivity index (χ3n) is 5.23. The van der Waals surface area contributed by atoms with Gasteiger partial charge in [0.25, 0.3) is 0 Å². The number of fused-ring (bicyclic) bond motifs is 1. The van der Waals surface area contributed by atoms with E-state index in [1.165, 1.54) is 6.07 Å². The largest absolute Gasteiger partial charge is 0.312 e. The summed E-state index contributed by atoms with van der Waals surface area (Å²) >= 11 is 0. The minimum Gasteiger partial charge on any atom is -0.312 e. The van der Waals surface area contributed by atoms with Gasteiger partial charge in [-0.1, -0.05) is 30.3 Å². The molecule has 0 spiro atoms. The first-order valence-corrected chi connectivity index (χ1v) is 10.9. The zero-order chi connectivity index (χ0) is 19.7. The minimum absolute atomic E-state index is 0.154. The molecular weight excluding hydrogens is 377 g/mol. The number of nitrogens with one attached hydrogen (secondary N) is 1. The summed E-state index contributed by atoms with van der Waals surface area (Å²) in [6.45, 7) is 3.17. The van der Waals surface area contributed by atoms with Gasteiger partial charge in [-0.05, 0) is 43.0 Å². The van der Waals surface area contributed by atoms with Crippen molar-refractivity contribution in [1.29, 1.82) is 0 Å². The van der Waals surface area contributed by atoms with Gasteiger partial charge in [-0.25, -0.2) is 17.5 Å². The molecule has 1 atom stereocenters. The Morgan fingerprint density at radius 1 is 1.18 bits per heavy atom. The van der Waals surface area contributed by atoms with E-state index in [1.54, 1.807) is 35.0 Å². The van der Waals surface area contributed by atoms with Crippen LogP contribution in [0.3, 0.4) is 0 Å². The van der Waals surface area contributed by atoms with E-state index in [-0.39, 0.29) is 17.5 Å². The predicted octanol–water partition coefficient (Wildman–Crippen LogP) is 3.37. The average molecular weight is 399 g/mol. The summed E-state index contributed by atoms with van der Waals surface area (Å²) in [5, 5.41) is 7.84. The van der Waals surface area contributed by atoms with Gasteiger partial charge in [0.15, 0.2) is 9.84 Å². The number of benzene rings is 2. The Kier molecular flexibility index (Phi) is 5.03. The molecule has 28 heavy (non-hydrogen) atoms. The number of para-hydroxylation sites is 1. The summed E-state index contributed by atoms with van der Waals surface area (Å²) in [4.78, 5) is 0.455. The Bertz CT molecular complexity index is 1110. The van der Waals surface area contributed by atoms with Crippen LogP contribution in [0.4, 0.5) is 4.39 Å². The van der Waals surface area contributed by atoms with Crippen LogP contribution in [0.25, 0.3) is 5.69 Å². The van der Waals surface area contributed by atoms with Crippen LogP contribution in [0.5, 0.6) is 0 Å². The molecule has 1 unspecified atom stereocenters. The first-order valence-electron chi connectivity index (χ1n) is 9.28. The summed E-state index contributed by atoms with van der Waals surface area (Å²) in [5.41, 5.74) is 3.13. The highest BCUT2D eigenvalue weighted by atomic mass is 32.2. The van der Waals surface area contributed by atoms with E-state index < -0.39 is 9.84 Å². The van der Waals surface area contributed by atoms with Crippen LogP contribution in [-0.2, 0) is 16.4 Å². The SMILES string of the molecule is Cc1nn(-c2ccccc2F)cc1CNCC1CCS(=O)(=O)c2ccccc21. The molecule has 0 saturated heterocycles. The number of halogens is 1. The van der Waals surface area contributed by atoms with Crippen molar-refractivity contribution < 1.29 is 12.8 Å². The second-order valence-corrected chi connectivity index (χ2v) is 9.19. The molecule has 3 aromatic rings. The summed E-state index contributed by atoms with van der Waals surface area (Å²) < 4.78 is 40.1. The van der Waals surface area contributed by atoms with E-state index >= 15 is 0 Å². The molecule has 1 aromatic heterocycles. The zero-order valence-corrected chi connectivity index (χ0v) is 16.4. The van der Waals surface area contributed by atoms with Crippen LogP contribution < -0.4 is 5.32 Å². The van der Waals surface area contributed by atoms with Crippen molar-refractivity contribution >= 4 is 9.84 Å². The molecule has 7 heteroatoms. The molecule has 0 radical (unpaired) electrons. The fourth-order valence-electron chi connectivity index (χ4n) is 3.69.